The maximum Gasteiger partial charge on any atom is 0.441 e. The summed E-state index contributed by atoms with van der Waals surface area (Å²) in [6, 6.07) is 3.71. The van der Waals surface area contributed by atoms with Crippen LogP contribution in [0.4, 0.5) is 22.6 Å². The molecule has 0 saturated heterocycles. The van der Waals surface area contributed by atoms with Crippen LogP contribution in [-0.4, -0.2) is 36.2 Å². The molecule has 1 aromatic heterocycles. The van der Waals surface area contributed by atoms with E-state index in [1.54, 1.807) is 5.32 Å². The molecule has 0 radical (unpaired) electrons. The topological polar surface area (TPSA) is 111 Å². The number of thiophene rings is 1. The van der Waals surface area contributed by atoms with Crippen LogP contribution in [0.15, 0.2) is 24.3 Å². The third-order valence-corrected chi connectivity index (χ3v) is 6.34. The number of hydrogen-bond acceptors (Lipinski definition) is 6. The monoisotopic (exact) mass is 487 g/mol. The van der Waals surface area contributed by atoms with E-state index >= 15 is 0 Å². The van der Waals surface area contributed by atoms with Gasteiger partial charge in [0.2, 0.25) is 0 Å². The Balaban J connectivity index is 2.12. The van der Waals surface area contributed by atoms with Gasteiger partial charge in [0, 0.05) is 10.4 Å². The van der Waals surface area contributed by atoms with Gasteiger partial charge in [0.25, 0.3) is 11.8 Å². The maximum atomic E-state index is 14.4. The minimum atomic E-state index is -5.39. The molecule has 2 amide bonds. The summed E-state index contributed by atoms with van der Waals surface area (Å²) in [6.07, 6.45) is -2.88. The number of rotatable bonds is 7. The second kappa shape index (κ2) is 9.38. The van der Waals surface area contributed by atoms with E-state index in [9.17, 15) is 31.9 Å². The standard InChI is InChI=1S/C21H21F4N3O4S/c1-2-32-19(31)20(21(23,24)25,27-17(30)11-7-9-12(22)10-8-11)28-18-15(16(26)29)13-5-3-4-6-14(13)33-18/h7-10,28H,2-6H2,1H3,(H2,26,29)(H,27,30). The average Bonchev–Trinajstić information content (AvgIpc) is 3.10. The first-order valence-corrected chi connectivity index (χ1v) is 10.9. The first-order chi connectivity index (χ1) is 15.5. The zero-order valence-corrected chi connectivity index (χ0v) is 18.3. The number of halogens is 4. The minimum Gasteiger partial charge on any atom is -0.463 e. The van der Waals surface area contributed by atoms with Crippen molar-refractivity contribution in [2.75, 3.05) is 11.9 Å². The number of carbonyl (C=O) groups is 3. The molecule has 178 valence electrons. The number of ether oxygens (including phenoxy) is 1. The van der Waals surface area contributed by atoms with Crippen LogP contribution < -0.4 is 16.4 Å². The number of amides is 2. The van der Waals surface area contributed by atoms with Crippen molar-refractivity contribution in [3.8, 4) is 0 Å². The molecule has 4 N–H and O–H groups in total. The van der Waals surface area contributed by atoms with Gasteiger partial charge in [0.05, 0.1) is 12.2 Å². The fourth-order valence-corrected chi connectivity index (χ4v) is 4.91. The summed E-state index contributed by atoms with van der Waals surface area (Å²) in [4.78, 5) is 38.1. The predicted molar refractivity (Wildman–Crippen MR) is 112 cm³/mol. The minimum absolute atomic E-state index is 0.149. The van der Waals surface area contributed by atoms with Gasteiger partial charge in [-0.05, 0) is 62.4 Å². The van der Waals surface area contributed by atoms with Crippen molar-refractivity contribution < 1.29 is 36.7 Å². The zero-order valence-electron chi connectivity index (χ0n) is 17.5. The molecule has 0 spiro atoms. The van der Waals surface area contributed by atoms with Gasteiger partial charge < -0.3 is 21.1 Å². The largest absolute Gasteiger partial charge is 0.463 e. The van der Waals surface area contributed by atoms with Gasteiger partial charge in [-0.2, -0.15) is 13.2 Å². The number of hydrogen-bond donors (Lipinski definition) is 3. The molecule has 0 fully saturated rings. The average molecular weight is 487 g/mol. The van der Waals surface area contributed by atoms with Gasteiger partial charge >= 0.3 is 17.8 Å². The summed E-state index contributed by atoms with van der Waals surface area (Å²) in [5.41, 5.74) is 1.79. The lowest BCUT2D eigenvalue weighted by Gasteiger charge is -2.35. The Hall–Kier alpha value is -3.15. The Morgan fingerprint density at radius 1 is 1.12 bits per heavy atom. The molecule has 0 aliphatic heterocycles. The van der Waals surface area contributed by atoms with Crippen LogP contribution in [0.1, 0.15) is 50.9 Å². The van der Waals surface area contributed by atoms with Gasteiger partial charge in [-0.3, -0.25) is 9.59 Å². The number of primary amides is 1. The molecule has 1 aliphatic carbocycles. The summed E-state index contributed by atoms with van der Waals surface area (Å²) in [5, 5.41) is 3.42. The number of fused-ring (bicyclic) bond motifs is 1. The van der Waals surface area contributed by atoms with Gasteiger partial charge in [0.15, 0.2) is 0 Å². The molecule has 1 atom stereocenters. The van der Waals surface area contributed by atoms with Gasteiger partial charge in [0.1, 0.15) is 10.8 Å². The molecule has 3 rings (SSSR count). The second-order valence-corrected chi connectivity index (χ2v) is 8.44. The Kier molecular flexibility index (Phi) is 6.96. The van der Waals surface area contributed by atoms with Gasteiger partial charge in [-0.25, -0.2) is 9.18 Å². The van der Waals surface area contributed by atoms with Gasteiger partial charge in [-0.1, -0.05) is 0 Å². The van der Waals surface area contributed by atoms with Crippen molar-refractivity contribution in [2.24, 2.45) is 5.73 Å². The summed E-state index contributed by atoms with van der Waals surface area (Å²) < 4.78 is 61.2. The molecular weight excluding hydrogens is 466 g/mol. The smallest absolute Gasteiger partial charge is 0.441 e. The molecule has 12 heteroatoms. The SMILES string of the molecule is CCOC(=O)C(NC(=O)c1ccc(F)cc1)(Nc1sc2c(c1C(N)=O)CCCC2)C(F)(F)F. The second-order valence-electron chi connectivity index (χ2n) is 7.33. The fraction of sp³-hybridized carbons (Fsp3) is 0.381. The van der Waals surface area contributed by atoms with Crippen LogP contribution in [0.2, 0.25) is 0 Å². The van der Waals surface area contributed by atoms with Crippen LogP contribution >= 0.6 is 11.3 Å². The first kappa shape index (κ1) is 24.5. The molecule has 1 unspecified atom stereocenters. The lowest BCUT2D eigenvalue weighted by atomic mass is 9.95. The van der Waals surface area contributed by atoms with E-state index in [1.807, 2.05) is 5.32 Å². The number of esters is 1. The third kappa shape index (κ3) is 4.80. The lowest BCUT2D eigenvalue weighted by Crippen LogP contribution is -2.69. The Morgan fingerprint density at radius 2 is 1.76 bits per heavy atom. The molecule has 1 heterocycles. The number of nitrogens with one attached hydrogen (secondary N) is 2. The van der Waals surface area contributed by atoms with E-state index in [1.165, 1.54) is 6.92 Å². The van der Waals surface area contributed by atoms with Crippen molar-refractivity contribution in [1.82, 2.24) is 5.32 Å². The van der Waals surface area contributed by atoms with Crippen LogP contribution in [-0.2, 0) is 22.4 Å². The number of nitrogens with two attached hydrogens (primary N) is 1. The van der Waals surface area contributed by atoms with Crippen LogP contribution in [0, 0.1) is 5.82 Å². The summed E-state index contributed by atoms with van der Waals surface area (Å²) in [5.74, 6) is -4.79. The number of alkyl halides is 3. The summed E-state index contributed by atoms with van der Waals surface area (Å²) >= 11 is 0.873. The molecular formula is C21H21F4N3O4S. The lowest BCUT2D eigenvalue weighted by molar-refractivity contribution is -0.204. The highest BCUT2D eigenvalue weighted by Crippen LogP contribution is 2.42. The zero-order chi connectivity index (χ0) is 24.4. The molecule has 1 aromatic carbocycles. The maximum absolute atomic E-state index is 14.4. The van der Waals surface area contributed by atoms with Crippen molar-refractivity contribution in [1.29, 1.82) is 0 Å². The van der Waals surface area contributed by atoms with E-state index in [2.05, 4.69) is 4.74 Å². The molecule has 33 heavy (non-hydrogen) atoms. The summed E-state index contributed by atoms with van der Waals surface area (Å²) in [7, 11) is 0. The number of carbonyl (C=O) groups excluding carboxylic acids is 3. The predicted octanol–water partition coefficient (Wildman–Crippen LogP) is 3.53. The van der Waals surface area contributed by atoms with Crippen LogP contribution in [0.5, 0.6) is 0 Å². The van der Waals surface area contributed by atoms with E-state index in [4.69, 9.17) is 5.73 Å². The van der Waals surface area contributed by atoms with Gasteiger partial charge in [-0.15, -0.1) is 11.3 Å². The number of benzene rings is 1. The highest BCUT2D eigenvalue weighted by Gasteiger charge is 2.64. The highest BCUT2D eigenvalue weighted by molar-refractivity contribution is 7.16. The Morgan fingerprint density at radius 3 is 2.33 bits per heavy atom. The summed E-state index contributed by atoms with van der Waals surface area (Å²) in [6.45, 7) is 0.897. The highest BCUT2D eigenvalue weighted by atomic mass is 32.1. The molecule has 1 aliphatic rings. The molecule has 0 saturated carbocycles. The Labute approximate surface area is 190 Å². The van der Waals surface area contributed by atoms with Crippen molar-refractivity contribution >= 4 is 34.1 Å². The van der Waals surface area contributed by atoms with E-state index in [0.29, 0.717) is 23.3 Å². The van der Waals surface area contributed by atoms with E-state index in [-0.39, 0.29) is 16.1 Å². The van der Waals surface area contributed by atoms with E-state index in [0.717, 1.165) is 48.4 Å². The third-order valence-electron chi connectivity index (χ3n) is 5.13. The van der Waals surface area contributed by atoms with Crippen molar-refractivity contribution in [3.63, 3.8) is 0 Å². The molecule has 2 aromatic rings. The van der Waals surface area contributed by atoms with E-state index < -0.39 is 42.0 Å². The van der Waals surface area contributed by atoms with Crippen LogP contribution in [0.3, 0.4) is 0 Å². The van der Waals surface area contributed by atoms with Crippen LogP contribution in [0.25, 0.3) is 0 Å². The van der Waals surface area contributed by atoms with Crippen molar-refractivity contribution in [3.05, 3.63) is 51.7 Å². The number of anilines is 1. The van der Waals surface area contributed by atoms with Crippen molar-refractivity contribution in [2.45, 2.75) is 44.4 Å². The molecule has 0 bridgehead atoms. The normalized spacial score (nSPS) is 15.2. The Bertz CT molecular complexity index is 1070. The number of aryl methyl sites for hydroxylation is 1. The molecule has 7 nitrogen and oxygen atoms in total. The first-order valence-electron chi connectivity index (χ1n) is 10.0. The fourth-order valence-electron chi connectivity index (χ4n) is 3.56. The quantitative estimate of drug-likeness (QED) is 0.314.